The van der Waals surface area contributed by atoms with Gasteiger partial charge in [-0.05, 0) is 29.9 Å². The van der Waals surface area contributed by atoms with Gasteiger partial charge >= 0.3 is 5.51 Å². The fourth-order valence-corrected chi connectivity index (χ4v) is 5.76. The van der Waals surface area contributed by atoms with Crippen molar-refractivity contribution in [2.24, 2.45) is 0 Å². The molecule has 1 aromatic carbocycles. The molecule has 1 saturated carbocycles. The third-order valence-electron chi connectivity index (χ3n) is 4.87. The van der Waals surface area contributed by atoms with E-state index >= 15 is 0 Å². The number of thiophene rings is 1. The molecular weight excluding hydrogens is 445 g/mol. The SMILES string of the molecule is CC(C)(C)c1ccc2cc(C3CCCCC3)[s+](C(F)(F)F)c2c1.[O-][Br+2]([O-])[O-]. The van der Waals surface area contributed by atoms with Crippen molar-refractivity contribution in [3.63, 3.8) is 0 Å². The summed E-state index contributed by atoms with van der Waals surface area (Å²) in [4.78, 5) is 0.637. The van der Waals surface area contributed by atoms with Crippen LogP contribution in [0.1, 0.15) is 69.2 Å². The highest BCUT2D eigenvalue weighted by Gasteiger charge is 2.49. The Hall–Kier alpha value is -0.670. The van der Waals surface area contributed by atoms with Gasteiger partial charge < -0.3 is 12.6 Å². The lowest BCUT2D eigenvalue weighted by Gasteiger charge is -2.19. The van der Waals surface area contributed by atoms with Crippen LogP contribution < -0.4 is 12.6 Å². The van der Waals surface area contributed by atoms with E-state index in [2.05, 4.69) is 0 Å². The van der Waals surface area contributed by atoms with Gasteiger partial charge in [0.25, 0.3) is 0 Å². The van der Waals surface area contributed by atoms with E-state index < -0.39 is 30.8 Å². The zero-order valence-electron chi connectivity index (χ0n) is 15.6. The second kappa shape index (κ2) is 8.78. The fraction of sp³-hybridized carbons (Fsp3) is 0.579. The lowest BCUT2D eigenvalue weighted by Crippen LogP contribution is -2.42. The topological polar surface area (TPSA) is 69.2 Å². The maximum Gasteiger partial charge on any atom is 0.600 e. The first-order valence-corrected chi connectivity index (χ1v) is 12.0. The van der Waals surface area contributed by atoms with Crippen molar-refractivity contribution >= 4 is 20.6 Å². The van der Waals surface area contributed by atoms with Crippen molar-refractivity contribution in [3.05, 3.63) is 34.7 Å². The third-order valence-corrected chi connectivity index (χ3v) is 7.05. The highest BCUT2D eigenvalue weighted by molar-refractivity contribution is 7.38. The van der Waals surface area contributed by atoms with Crippen molar-refractivity contribution in [1.82, 2.24) is 0 Å². The van der Waals surface area contributed by atoms with Crippen molar-refractivity contribution in [2.45, 2.75) is 69.7 Å². The maximum absolute atomic E-state index is 13.8. The van der Waals surface area contributed by atoms with Crippen LogP contribution in [0.4, 0.5) is 13.2 Å². The molecule has 1 heterocycles. The van der Waals surface area contributed by atoms with Crippen LogP contribution in [-0.2, 0) is 10.9 Å². The van der Waals surface area contributed by atoms with E-state index in [-0.39, 0.29) is 11.3 Å². The number of rotatable bonds is 1. The van der Waals surface area contributed by atoms with E-state index in [4.69, 9.17) is 12.6 Å². The second-order valence-corrected chi connectivity index (χ2v) is 10.6. The van der Waals surface area contributed by atoms with Crippen LogP contribution in [0, 0.1) is 14.8 Å². The average molecular weight is 469 g/mol. The van der Waals surface area contributed by atoms with Gasteiger partial charge in [-0.15, -0.1) is 13.2 Å². The molecule has 1 fully saturated rings. The number of hydrogen-bond acceptors (Lipinski definition) is 3. The third kappa shape index (κ3) is 5.90. The summed E-state index contributed by atoms with van der Waals surface area (Å²) >= 11 is -3.65. The van der Waals surface area contributed by atoms with Crippen LogP contribution in [0.3, 0.4) is 0 Å². The molecule has 1 aromatic heterocycles. The predicted molar refractivity (Wildman–Crippen MR) is 92.3 cm³/mol. The number of hydrogen-bond donors (Lipinski definition) is 0. The molecule has 0 amide bonds. The smallest absolute Gasteiger partial charge is 0.405 e. The minimum absolute atomic E-state index is 0.110. The highest BCUT2D eigenvalue weighted by atomic mass is 80.0. The largest absolute Gasteiger partial charge is 0.600 e. The van der Waals surface area contributed by atoms with Crippen LogP contribution in [0.15, 0.2) is 24.3 Å². The zero-order valence-corrected chi connectivity index (χ0v) is 18.0. The van der Waals surface area contributed by atoms with E-state index in [1.54, 1.807) is 6.07 Å². The highest BCUT2D eigenvalue weighted by Crippen LogP contribution is 2.55. The number of halogens is 4. The molecule has 0 bridgehead atoms. The van der Waals surface area contributed by atoms with Crippen molar-refractivity contribution in [2.75, 3.05) is 0 Å². The van der Waals surface area contributed by atoms with Crippen LogP contribution >= 0.6 is 10.5 Å². The summed E-state index contributed by atoms with van der Waals surface area (Å²) in [5.74, 6) is 0.110. The Balaban J connectivity index is 0.000000596. The minimum Gasteiger partial charge on any atom is -0.405 e. The number of benzene rings is 1. The van der Waals surface area contributed by atoms with Gasteiger partial charge in [-0.3, -0.25) is 0 Å². The van der Waals surface area contributed by atoms with Crippen LogP contribution in [0.5, 0.6) is 0 Å². The summed E-state index contributed by atoms with van der Waals surface area (Å²) in [5.41, 5.74) is -3.33. The molecule has 1 aliphatic carbocycles. The molecule has 27 heavy (non-hydrogen) atoms. The standard InChI is InChI=1S/C19H24F3S.BrO3/c1-18(2,3)15-10-9-14-11-16(13-7-5-4-6-8-13)23(17(14)12-15)19(20,21)22;2-1(3)4/h9-13H,4-8H2,1-3H3;/q+1;-1. The van der Waals surface area contributed by atoms with Crippen LogP contribution in [0.25, 0.3) is 10.1 Å². The maximum atomic E-state index is 13.8. The zero-order chi connectivity index (χ0) is 20.4. The number of fused-ring (bicyclic) bond motifs is 1. The molecule has 152 valence electrons. The Bertz CT molecular complexity index is 757. The molecule has 0 spiro atoms. The van der Waals surface area contributed by atoms with Gasteiger partial charge in [-0.2, -0.15) is 0 Å². The summed E-state index contributed by atoms with van der Waals surface area (Å²) < 4.78 is 67.6. The minimum atomic E-state index is -4.18. The lowest BCUT2D eigenvalue weighted by molar-refractivity contribution is -1.73. The van der Waals surface area contributed by atoms with Crippen molar-refractivity contribution < 1.29 is 40.6 Å². The van der Waals surface area contributed by atoms with Gasteiger partial charge in [-0.1, -0.05) is 46.1 Å². The average Bonchev–Trinajstić information content (AvgIpc) is 2.93. The lowest BCUT2D eigenvalue weighted by atomic mass is 9.86. The molecule has 1 aliphatic rings. The molecule has 0 aliphatic heterocycles. The molecule has 3 nitrogen and oxygen atoms in total. The van der Waals surface area contributed by atoms with Gasteiger partial charge in [0.1, 0.15) is 0 Å². The van der Waals surface area contributed by atoms with Crippen LogP contribution in [0.2, 0.25) is 0 Å². The Labute approximate surface area is 165 Å². The predicted octanol–water partition coefficient (Wildman–Crippen LogP) is 3.84. The van der Waals surface area contributed by atoms with Crippen LogP contribution in [-0.4, -0.2) is 0 Å². The monoisotopic (exact) mass is 468 g/mol. The molecule has 3 rings (SSSR count). The molecule has 1 unspecified atom stereocenters. The van der Waals surface area contributed by atoms with Crippen molar-refractivity contribution in [1.29, 1.82) is 0 Å². The van der Waals surface area contributed by atoms with Gasteiger partial charge in [0, 0.05) is 23.4 Å². The van der Waals surface area contributed by atoms with E-state index in [1.807, 2.05) is 39.0 Å². The molecule has 0 N–H and O–H groups in total. The van der Waals surface area contributed by atoms with E-state index in [1.165, 1.54) is 0 Å². The molecular formula is C19H24BrF3O3S. The molecule has 0 saturated heterocycles. The van der Waals surface area contributed by atoms with Gasteiger partial charge in [-0.25, -0.2) is 0 Å². The Kier molecular flexibility index (Phi) is 7.35. The van der Waals surface area contributed by atoms with E-state index in [0.29, 0.717) is 9.58 Å². The first-order valence-electron chi connectivity index (χ1n) is 8.81. The summed E-state index contributed by atoms with van der Waals surface area (Å²) in [6.07, 6.45) is 5.09. The van der Waals surface area contributed by atoms with Gasteiger partial charge in [0.2, 0.25) is 14.8 Å². The second-order valence-electron chi connectivity index (χ2n) is 7.83. The molecule has 2 aromatic rings. The fourth-order valence-electron chi connectivity index (χ4n) is 3.57. The van der Waals surface area contributed by atoms with Crippen molar-refractivity contribution in [3.8, 4) is 0 Å². The molecule has 1 atom stereocenters. The molecule has 8 heteroatoms. The van der Waals surface area contributed by atoms with Gasteiger partial charge in [0.05, 0.1) is 10.5 Å². The van der Waals surface area contributed by atoms with E-state index in [9.17, 15) is 13.2 Å². The molecule has 0 radical (unpaired) electrons. The summed E-state index contributed by atoms with van der Waals surface area (Å²) in [5, 5.41) is 0.777. The van der Waals surface area contributed by atoms with Gasteiger partial charge in [0.15, 0.2) is 9.58 Å². The Morgan fingerprint density at radius 2 is 1.52 bits per heavy atom. The quantitative estimate of drug-likeness (QED) is 0.596. The number of alkyl halides is 3. The first kappa shape index (κ1) is 22.6. The van der Waals surface area contributed by atoms with E-state index in [0.717, 1.165) is 43.1 Å². The Morgan fingerprint density at radius 1 is 0.963 bits per heavy atom. The Morgan fingerprint density at radius 3 is 2.00 bits per heavy atom. The summed E-state index contributed by atoms with van der Waals surface area (Å²) in [6.45, 7) is 6.14. The normalized spacial score (nSPS) is 17.2. The summed E-state index contributed by atoms with van der Waals surface area (Å²) in [7, 11) is -1.74. The first-order chi connectivity index (χ1) is 12.4. The summed E-state index contributed by atoms with van der Waals surface area (Å²) in [6, 6.07) is 7.52.